The minimum absolute atomic E-state index is 0.0136. The largest absolute Gasteiger partial charge is 0.494 e. The Morgan fingerprint density at radius 1 is 1.13 bits per heavy atom. The molecular formula is C22H17N3O5S. The molecule has 2 heterocycles. The van der Waals surface area contributed by atoms with E-state index in [0.29, 0.717) is 40.1 Å². The number of carbonyl (C=O) groups is 1. The fourth-order valence-electron chi connectivity index (χ4n) is 2.89. The van der Waals surface area contributed by atoms with E-state index in [2.05, 4.69) is 10.3 Å². The monoisotopic (exact) mass is 435 g/mol. The van der Waals surface area contributed by atoms with Gasteiger partial charge in [0, 0.05) is 17.7 Å². The zero-order chi connectivity index (χ0) is 21.8. The minimum Gasteiger partial charge on any atom is -0.494 e. The number of nitro benzene ring substituents is 1. The van der Waals surface area contributed by atoms with E-state index in [4.69, 9.17) is 9.15 Å². The standard InChI is InChI=1S/C22H17N3O5S/c1-2-29-17-9-5-15(6-10-17)23-21-20(31-22(26)24-21)13-18-11-12-19(30-18)14-3-7-16(8-4-14)25(27)28/h3-13H,2H2,1H3,(H,23,24,26). The number of thioether (sulfide) groups is 1. The summed E-state index contributed by atoms with van der Waals surface area (Å²) in [5.41, 5.74) is 1.41. The predicted molar refractivity (Wildman–Crippen MR) is 120 cm³/mol. The molecule has 1 aromatic heterocycles. The van der Waals surface area contributed by atoms with Crippen molar-refractivity contribution in [3.63, 3.8) is 0 Å². The fourth-order valence-corrected chi connectivity index (χ4v) is 3.60. The van der Waals surface area contributed by atoms with Gasteiger partial charge in [-0.1, -0.05) is 0 Å². The van der Waals surface area contributed by atoms with Crippen molar-refractivity contribution >= 4 is 40.3 Å². The van der Waals surface area contributed by atoms with Crippen molar-refractivity contribution in [3.05, 3.63) is 81.4 Å². The molecule has 0 atom stereocenters. The lowest BCUT2D eigenvalue weighted by atomic mass is 10.1. The van der Waals surface area contributed by atoms with Crippen LogP contribution in [0.15, 0.2) is 75.0 Å². The van der Waals surface area contributed by atoms with Crippen molar-refractivity contribution in [3.8, 4) is 17.1 Å². The van der Waals surface area contributed by atoms with Crippen LogP contribution in [0.2, 0.25) is 0 Å². The van der Waals surface area contributed by atoms with E-state index in [1.807, 2.05) is 31.2 Å². The van der Waals surface area contributed by atoms with Crippen LogP contribution in [0.4, 0.5) is 16.2 Å². The van der Waals surface area contributed by atoms with E-state index >= 15 is 0 Å². The van der Waals surface area contributed by atoms with Gasteiger partial charge in [0.2, 0.25) is 0 Å². The second-order valence-electron chi connectivity index (χ2n) is 6.42. The van der Waals surface area contributed by atoms with Gasteiger partial charge in [-0.2, -0.15) is 0 Å². The molecule has 8 nitrogen and oxygen atoms in total. The molecule has 31 heavy (non-hydrogen) atoms. The van der Waals surface area contributed by atoms with Gasteiger partial charge in [-0.15, -0.1) is 0 Å². The number of nitrogens with zero attached hydrogens (tertiary/aromatic N) is 2. The number of non-ortho nitro benzene ring substituents is 1. The lowest BCUT2D eigenvalue weighted by Crippen LogP contribution is -2.18. The first-order valence-corrected chi connectivity index (χ1v) is 10.2. The summed E-state index contributed by atoms with van der Waals surface area (Å²) < 4.78 is 11.3. The van der Waals surface area contributed by atoms with Crippen molar-refractivity contribution in [1.29, 1.82) is 0 Å². The van der Waals surface area contributed by atoms with Gasteiger partial charge >= 0.3 is 0 Å². The lowest BCUT2D eigenvalue weighted by molar-refractivity contribution is -0.384. The molecule has 0 unspecified atom stereocenters. The van der Waals surface area contributed by atoms with Crippen LogP contribution in [0.1, 0.15) is 12.7 Å². The first kappa shape index (κ1) is 20.4. The number of rotatable bonds is 6. The van der Waals surface area contributed by atoms with E-state index in [9.17, 15) is 14.9 Å². The number of ether oxygens (including phenoxy) is 1. The summed E-state index contributed by atoms with van der Waals surface area (Å²) in [7, 11) is 0. The Balaban J connectivity index is 1.57. The van der Waals surface area contributed by atoms with Gasteiger partial charge in [0.1, 0.15) is 23.1 Å². The van der Waals surface area contributed by atoms with E-state index in [-0.39, 0.29) is 10.9 Å². The number of nitrogens with one attached hydrogen (secondary N) is 1. The normalized spacial score (nSPS) is 16.0. The van der Waals surface area contributed by atoms with Crippen molar-refractivity contribution in [2.45, 2.75) is 6.92 Å². The van der Waals surface area contributed by atoms with Gasteiger partial charge in [-0.3, -0.25) is 14.9 Å². The Morgan fingerprint density at radius 2 is 1.87 bits per heavy atom. The molecule has 3 aromatic rings. The molecule has 156 valence electrons. The first-order chi connectivity index (χ1) is 15.0. The predicted octanol–water partition coefficient (Wildman–Crippen LogP) is 5.78. The van der Waals surface area contributed by atoms with Crippen molar-refractivity contribution in [1.82, 2.24) is 5.32 Å². The molecule has 0 bridgehead atoms. The minimum atomic E-state index is -0.450. The highest BCUT2D eigenvalue weighted by molar-refractivity contribution is 8.18. The number of amides is 1. The van der Waals surface area contributed by atoms with Gasteiger partial charge in [0.25, 0.3) is 10.9 Å². The lowest BCUT2D eigenvalue weighted by Gasteiger charge is -2.03. The second kappa shape index (κ2) is 8.88. The molecule has 0 saturated carbocycles. The highest BCUT2D eigenvalue weighted by Gasteiger charge is 2.24. The highest BCUT2D eigenvalue weighted by atomic mass is 32.2. The van der Waals surface area contributed by atoms with E-state index in [0.717, 1.165) is 17.5 Å². The van der Waals surface area contributed by atoms with Crippen molar-refractivity contribution in [2.24, 2.45) is 4.99 Å². The average Bonchev–Trinajstić information content (AvgIpc) is 3.36. The average molecular weight is 435 g/mol. The summed E-state index contributed by atoms with van der Waals surface area (Å²) in [4.78, 5) is 27.4. The third-order valence-corrected chi connectivity index (χ3v) is 5.13. The molecular weight excluding hydrogens is 418 g/mol. The molecule has 1 aliphatic rings. The summed E-state index contributed by atoms with van der Waals surface area (Å²) in [5.74, 6) is 2.29. The summed E-state index contributed by atoms with van der Waals surface area (Å²) in [6, 6.07) is 16.9. The highest BCUT2D eigenvalue weighted by Crippen LogP contribution is 2.31. The third kappa shape index (κ3) is 4.84. The number of benzene rings is 2. The van der Waals surface area contributed by atoms with E-state index < -0.39 is 4.92 Å². The van der Waals surface area contributed by atoms with Crippen LogP contribution in [0.3, 0.4) is 0 Å². The summed E-state index contributed by atoms with van der Waals surface area (Å²) in [6.45, 7) is 2.50. The summed E-state index contributed by atoms with van der Waals surface area (Å²) in [6.07, 6.45) is 1.73. The van der Waals surface area contributed by atoms with Gasteiger partial charge in [-0.05, 0) is 73.3 Å². The maximum atomic E-state index is 11.9. The Bertz CT molecular complexity index is 1180. The third-order valence-electron chi connectivity index (χ3n) is 4.31. The van der Waals surface area contributed by atoms with Crippen LogP contribution in [-0.4, -0.2) is 22.6 Å². The van der Waals surface area contributed by atoms with Crippen LogP contribution in [0.25, 0.3) is 17.4 Å². The smallest absolute Gasteiger partial charge is 0.289 e. The first-order valence-electron chi connectivity index (χ1n) is 9.39. The molecule has 1 saturated heterocycles. The topological polar surface area (TPSA) is 107 Å². The maximum Gasteiger partial charge on any atom is 0.289 e. The molecule has 1 fully saturated rings. The second-order valence-corrected chi connectivity index (χ2v) is 7.43. The molecule has 1 amide bonds. The Morgan fingerprint density at radius 3 is 2.55 bits per heavy atom. The van der Waals surface area contributed by atoms with Crippen LogP contribution in [0.5, 0.6) is 5.75 Å². The number of aliphatic imine (C=N–C) groups is 1. The SMILES string of the molecule is CCOc1ccc(N=C2NC(=O)SC2=Cc2ccc(-c3ccc([N+](=O)[O-])cc3)o2)cc1. The van der Waals surface area contributed by atoms with Crippen molar-refractivity contribution in [2.75, 3.05) is 6.61 Å². The van der Waals surface area contributed by atoms with Crippen LogP contribution in [-0.2, 0) is 0 Å². The molecule has 2 aromatic carbocycles. The van der Waals surface area contributed by atoms with Gasteiger partial charge in [0.15, 0.2) is 0 Å². The van der Waals surface area contributed by atoms with Crippen molar-refractivity contribution < 1.29 is 18.9 Å². The quantitative estimate of drug-likeness (QED) is 0.388. The molecule has 0 spiro atoms. The zero-order valence-corrected chi connectivity index (χ0v) is 17.2. The number of hydrogen-bond donors (Lipinski definition) is 1. The zero-order valence-electron chi connectivity index (χ0n) is 16.4. The summed E-state index contributed by atoms with van der Waals surface area (Å²) >= 11 is 1.03. The number of carbonyl (C=O) groups excluding carboxylic acids is 1. The molecule has 1 N–H and O–H groups in total. The summed E-state index contributed by atoms with van der Waals surface area (Å²) in [5, 5.41) is 13.3. The number of amidine groups is 1. The van der Waals surface area contributed by atoms with Gasteiger partial charge in [0.05, 0.1) is 22.1 Å². The maximum absolute atomic E-state index is 11.9. The Labute approximate surface area is 181 Å². The number of hydrogen-bond acceptors (Lipinski definition) is 7. The van der Waals surface area contributed by atoms with Crippen LogP contribution < -0.4 is 10.1 Å². The molecule has 4 rings (SSSR count). The molecule has 1 aliphatic heterocycles. The van der Waals surface area contributed by atoms with E-state index in [1.165, 1.54) is 12.1 Å². The Kier molecular flexibility index (Phi) is 5.85. The molecule has 9 heteroatoms. The van der Waals surface area contributed by atoms with Gasteiger partial charge < -0.3 is 14.5 Å². The van der Waals surface area contributed by atoms with E-state index in [1.54, 1.807) is 30.3 Å². The fraction of sp³-hybridized carbons (Fsp3) is 0.0909. The molecule has 0 radical (unpaired) electrons. The number of furan rings is 1. The number of nitro groups is 1. The van der Waals surface area contributed by atoms with Gasteiger partial charge in [-0.25, -0.2) is 4.99 Å². The van der Waals surface area contributed by atoms with Crippen LogP contribution >= 0.6 is 11.8 Å². The van der Waals surface area contributed by atoms with Crippen LogP contribution in [0, 0.1) is 10.1 Å². The molecule has 0 aliphatic carbocycles. The Hall–Kier alpha value is -3.85.